The maximum Gasteiger partial charge on any atom is 0.166 e. The van der Waals surface area contributed by atoms with Crippen LogP contribution in [0.1, 0.15) is 12.8 Å². The smallest absolute Gasteiger partial charge is 0.166 e. The average Bonchev–Trinajstić information content (AvgIpc) is 3.09. The van der Waals surface area contributed by atoms with E-state index < -0.39 is 0 Å². The number of nitrogens with one attached hydrogen (secondary N) is 2. The van der Waals surface area contributed by atoms with Crippen LogP contribution in [0.25, 0.3) is 11.0 Å². The van der Waals surface area contributed by atoms with Gasteiger partial charge in [-0.25, -0.2) is 4.98 Å². The number of thioether (sulfide) groups is 1. The minimum absolute atomic E-state index is 0.633. The number of hydrogen-bond acceptors (Lipinski definition) is 3. The summed E-state index contributed by atoms with van der Waals surface area (Å²) in [5, 5.41) is 4.44. The van der Waals surface area contributed by atoms with Crippen molar-refractivity contribution in [2.75, 3.05) is 12.8 Å². The predicted molar refractivity (Wildman–Crippen MR) is 72.4 cm³/mol. The lowest BCUT2D eigenvalue weighted by molar-refractivity contribution is 0.553. The van der Waals surface area contributed by atoms with Crippen LogP contribution in [0.15, 0.2) is 29.4 Å². The van der Waals surface area contributed by atoms with Crippen LogP contribution in [0.5, 0.6) is 0 Å². The summed E-state index contributed by atoms with van der Waals surface area (Å²) in [6.45, 7) is 0. The molecule has 0 radical (unpaired) electrons. The van der Waals surface area contributed by atoms with E-state index in [-0.39, 0.29) is 0 Å². The van der Waals surface area contributed by atoms with Crippen LogP contribution in [-0.4, -0.2) is 28.8 Å². The highest BCUT2D eigenvalue weighted by Crippen LogP contribution is 2.34. The van der Waals surface area contributed by atoms with Gasteiger partial charge in [-0.05, 0) is 37.9 Å². The minimum Gasteiger partial charge on any atom is -0.333 e. The topological polar surface area (TPSA) is 40.7 Å². The van der Waals surface area contributed by atoms with Gasteiger partial charge in [0.2, 0.25) is 0 Å². The van der Waals surface area contributed by atoms with Crippen LogP contribution in [-0.2, 0) is 0 Å². The van der Waals surface area contributed by atoms with E-state index >= 15 is 0 Å². The van der Waals surface area contributed by atoms with Crippen LogP contribution < -0.4 is 5.32 Å². The van der Waals surface area contributed by atoms with E-state index in [1.54, 1.807) is 0 Å². The first kappa shape index (κ1) is 11.1. The van der Waals surface area contributed by atoms with E-state index in [4.69, 9.17) is 0 Å². The Bertz CT molecular complexity index is 471. The third-order valence-electron chi connectivity index (χ3n) is 3.33. The highest BCUT2D eigenvalue weighted by molar-refractivity contribution is 7.99. The summed E-state index contributed by atoms with van der Waals surface area (Å²) in [4.78, 5) is 7.94. The molecule has 0 amide bonds. The van der Waals surface area contributed by atoms with Crippen molar-refractivity contribution in [2.45, 2.75) is 24.0 Å². The van der Waals surface area contributed by atoms with Gasteiger partial charge in [0, 0.05) is 11.8 Å². The number of aromatic nitrogens is 2. The van der Waals surface area contributed by atoms with Gasteiger partial charge >= 0.3 is 0 Å². The van der Waals surface area contributed by atoms with E-state index in [1.807, 2.05) is 30.0 Å². The quantitative estimate of drug-likeness (QED) is 0.798. The van der Waals surface area contributed by atoms with Gasteiger partial charge in [0.15, 0.2) is 5.16 Å². The van der Waals surface area contributed by atoms with Gasteiger partial charge in [0.1, 0.15) is 0 Å². The molecule has 1 aromatic heterocycles. The van der Waals surface area contributed by atoms with Gasteiger partial charge in [-0.1, -0.05) is 23.9 Å². The Hall–Kier alpha value is -1.00. The number of rotatable bonds is 5. The molecule has 1 atom stereocenters. The first-order valence-electron chi connectivity index (χ1n) is 6.11. The number of aromatic amines is 1. The van der Waals surface area contributed by atoms with Gasteiger partial charge in [0.25, 0.3) is 0 Å². The lowest BCUT2D eigenvalue weighted by Crippen LogP contribution is -2.29. The average molecular weight is 247 g/mol. The predicted octanol–water partition coefficient (Wildman–Crippen LogP) is 2.65. The van der Waals surface area contributed by atoms with Crippen LogP contribution >= 0.6 is 11.8 Å². The Labute approximate surface area is 105 Å². The number of para-hydroxylation sites is 2. The fourth-order valence-electron chi connectivity index (χ4n) is 2.12. The lowest BCUT2D eigenvalue weighted by Gasteiger charge is -2.13. The Balaban J connectivity index is 1.67. The van der Waals surface area contributed by atoms with Crippen LogP contribution in [0.4, 0.5) is 0 Å². The lowest BCUT2D eigenvalue weighted by atomic mass is 10.2. The fraction of sp³-hybridized carbons (Fsp3) is 0.462. The third-order valence-corrected chi connectivity index (χ3v) is 4.32. The molecule has 1 aliphatic rings. The van der Waals surface area contributed by atoms with Crippen molar-refractivity contribution in [3.05, 3.63) is 24.3 Å². The first-order valence-corrected chi connectivity index (χ1v) is 7.10. The van der Waals surface area contributed by atoms with Crippen molar-refractivity contribution in [3.8, 4) is 0 Å². The molecule has 1 saturated carbocycles. The van der Waals surface area contributed by atoms with E-state index in [2.05, 4.69) is 28.4 Å². The monoisotopic (exact) mass is 247 g/mol. The van der Waals surface area contributed by atoms with Gasteiger partial charge in [0.05, 0.1) is 11.0 Å². The molecule has 3 rings (SSSR count). The molecule has 17 heavy (non-hydrogen) atoms. The van der Waals surface area contributed by atoms with Crippen molar-refractivity contribution in [1.29, 1.82) is 0 Å². The number of benzene rings is 1. The number of hydrogen-bond donors (Lipinski definition) is 2. The SMILES string of the molecule is CNC(CSc1nc2ccccc2[nH]1)C1CC1. The molecule has 2 N–H and O–H groups in total. The zero-order valence-corrected chi connectivity index (χ0v) is 10.8. The first-order chi connectivity index (χ1) is 8.36. The number of fused-ring (bicyclic) bond motifs is 1. The van der Waals surface area contributed by atoms with Gasteiger partial charge in [-0.2, -0.15) is 0 Å². The normalized spacial score (nSPS) is 17.5. The Kier molecular flexibility index (Phi) is 3.07. The Morgan fingerprint density at radius 1 is 1.47 bits per heavy atom. The largest absolute Gasteiger partial charge is 0.333 e. The van der Waals surface area contributed by atoms with Crippen molar-refractivity contribution < 1.29 is 0 Å². The summed E-state index contributed by atoms with van der Waals surface area (Å²) in [6, 6.07) is 8.82. The van der Waals surface area contributed by atoms with Crippen molar-refractivity contribution in [2.24, 2.45) is 5.92 Å². The molecule has 0 saturated heterocycles. The summed E-state index contributed by atoms with van der Waals surface area (Å²) in [6.07, 6.45) is 2.76. The second kappa shape index (κ2) is 4.70. The summed E-state index contributed by atoms with van der Waals surface area (Å²) in [5.41, 5.74) is 2.19. The maximum absolute atomic E-state index is 4.58. The second-order valence-electron chi connectivity index (χ2n) is 4.60. The fourth-order valence-corrected chi connectivity index (χ4v) is 3.24. The molecule has 4 heteroatoms. The molecular weight excluding hydrogens is 230 g/mol. The molecule has 1 aliphatic carbocycles. The molecule has 2 aromatic rings. The van der Waals surface area contributed by atoms with Gasteiger partial charge in [-0.15, -0.1) is 0 Å². The minimum atomic E-state index is 0.633. The molecule has 1 fully saturated rings. The third kappa shape index (κ3) is 2.48. The summed E-state index contributed by atoms with van der Waals surface area (Å²) in [5.74, 6) is 1.98. The highest BCUT2D eigenvalue weighted by Gasteiger charge is 2.30. The van der Waals surface area contributed by atoms with E-state index in [0.717, 1.165) is 27.9 Å². The van der Waals surface area contributed by atoms with E-state index in [1.165, 1.54) is 12.8 Å². The zero-order valence-electron chi connectivity index (χ0n) is 9.94. The summed E-state index contributed by atoms with van der Waals surface area (Å²) >= 11 is 1.82. The van der Waals surface area contributed by atoms with Crippen molar-refractivity contribution in [1.82, 2.24) is 15.3 Å². The van der Waals surface area contributed by atoms with E-state index in [0.29, 0.717) is 6.04 Å². The summed E-state index contributed by atoms with van der Waals surface area (Å²) < 4.78 is 0. The molecule has 0 spiro atoms. The van der Waals surface area contributed by atoms with Crippen molar-refractivity contribution in [3.63, 3.8) is 0 Å². The van der Waals surface area contributed by atoms with E-state index in [9.17, 15) is 0 Å². The Morgan fingerprint density at radius 2 is 2.29 bits per heavy atom. The van der Waals surface area contributed by atoms with Crippen LogP contribution in [0.2, 0.25) is 0 Å². The second-order valence-corrected chi connectivity index (χ2v) is 5.61. The molecule has 0 bridgehead atoms. The van der Waals surface area contributed by atoms with Crippen molar-refractivity contribution >= 4 is 22.8 Å². The van der Waals surface area contributed by atoms with Crippen LogP contribution in [0.3, 0.4) is 0 Å². The molecule has 1 unspecified atom stereocenters. The number of nitrogens with zero attached hydrogens (tertiary/aromatic N) is 1. The maximum atomic E-state index is 4.58. The van der Waals surface area contributed by atoms with Gasteiger partial charge < -0.3 is 10.3 Å². The molecular formula is C13H17N3S. The molecule has 90 valence electrons. The number of imidazole rings is 1. The standard InChI is InChI=1S/C13H17N3S/c1-14-12(9-6-7-9)8-17-13-15-10-4-2-3-5-11(10)16-13/h2-5,9,12,14H,6-8H2,1H3,(H,15,16). The molecule has 1 aromatic carbocycles. The molecule has 0 aliphatic heterocycles. The van der Waals surface area contributed by atoms with Gasteiger partial charge in [-0.3, -0.25) is 0 Å². The summed E-state index contributed by atoms with van der Waals surface area (Å²) in [7, 11) is 2.06. The molecule has 1 heterocycles. The zero-order chi connectivity index (χ0) is 11.7. The van der Waals surface area contributed by atoms with Crippen LogP contribution in [0, 0.1) is 5.92 Å². The molecule has 3 nitrogen and oxygen atoms in total. The Morgan fingerprint density at radius 3 is 3.00 bits per heavy atom. The number of H-pyrrole nitrogens is 1. The highest BCUT2D eigenvalue weighted by atomic mass is 32.2.